The van der Waals surface area contributed by atoms with Crippen molar-refractivity contribution in [1.82, 2.24) is 9.80 Å². The maximum atomic E-state index is 12.8. The summed E-state index contributed by atoms with van der Waals surface area (Å²) in [6.45, 7) is 7.27. The second-order valence-corrected chi connectivity index (χ2v) is 6.66. The lowest BCUT2D eigenvalue weighted by Crippen LogP contribution is -2.60. The maximum Gasteiger partial charge on any atom is 0.329 e. The first-order valence-electron chi connectivity index (χ1n) is 7.84. The summed E-state index contributed by atoms with van der Waals surface area (Å²) in [6.07, 6.45) is 1.90. The summed E-state index contributed by atoms with van der Waals surface area (Å²) in [5.41, 5.74) is -0.290. The lowest BCUT2D eigenvalue weighted by molar-refractivity contribution is -0.142. The minimum Gasteiger partial charge on any atom is -0.480 e. The van der Waals surface area contributed by atoms with Crippen LogP contribution in [0.5, 0.6) is 0 Å². The topological polar surface area (TPSA) is 79.3 Å². The van der Waals surface area contributed by atoms with Gasteiger partial charge in [0.1, 0.15) is 6.61 Å². The molecule has 0 spiro atoms. The van der Waals surface area contributed by atoms with E-state index in [4.69, 9.17) is 14.6 Å². The smallest absolute Gasteiger partial charge is 0.329 e. The van der Waals surface area contributed by atoms with Crippen molar-refractivity contribution in [3.63, 3.8) is 0 Å². The van der Waals surface area contributed by atoms with Crippen LogP contribution < -0.4 is 0 Å². The Kier molecular flexibility index (Phi) is 5.63. The average Bonchev–Trinajstić information content (AvgIpc) is 2.46. The number of hydrogen-bond donors (Lipinski definition) is 1. The highest BCUT2D eigenvalue weighted by Gasteiger charge is 2.37. The molecule has 0 aromatic carbocycles. The molecule has 1 unspecified atom stereocenters. The summed E-state index contributed by atoms with van der Waals surface area (Å²) in [5, 5.41) is 8.60. The monoisotopic (exact) mass is 314 g/mol. The molecule has 1 N–H and O–H groups in total. The van der Waals surface area contributed by atoms with Crippen molar-refractivity contribution < 1.29 is 24.2 Å². The number of nitrogens with zero attached hydrogens (tertiary/aromatic N) is 2. The van der Waals surface area contributed by atoms with E-state index < -0.39 is 5.97 Å². The number of piperidine rings is 1. The van der Waals surface area contributed by atoms with Crippen LogP contribution >= 0.6 is 0 Å². The Labute approximate surface area is 131 Å². The van der Waals surface area contributed by atoms with Crippen molar-refractivity contribution in [2.75, 3.05) is 46.1 Å². The van der Waals surface area contributed by atoms with Crippen molar-refractivity contribution >= 4 is 12.0 Å². The number of hydrogen-bond acceptors (Lipinski definition) is 4. The van der Waals surface area contributed by atoms with Crippen LogP contribution in [0.25, 0.3) is 0 Å². The number of carbonyl (C=O) groups excluding carboxylic acids is 1. The summed E-state index contributed by atoms with van der Waals surface area (Å²) in [4.78, 5) is 27.0. The van der Waals surface area contributed by atoms with E-state index in [0.29, 0.717) is 32.9 Å². The summed E-state index contributed by atoms with van der Waals surface area (Å²) >= 11 is 0. The molecule has 126 valence electrons. The third-order valence-electron chi connectivity index (χ3n) is 4.24. The zero-order valence-electron chi connectivity index (χ0n) is 13.4. The summed E-state index contributed by atoms with van der Waals surface area (Å²) in [6, 6.07) is 0.0521. The first kappa shape index (κ1) is 17.0. The summed E-state index contributed by atoms with van der Waals surface area (Å²) < 4.78 is 10.6. The molecule has 2 fully saturated rings. The predicted octanol–water partition coefficient (Wildman–Crippen LogP) is 1.03. The Hall–Kier alpha value is -1.34. The zero-order valence-corrected chi connectivity index (χ0v) is 13.4. The molecule has 2 aliphatic rings. The second-order valence-electron chi connectivity index (χ2n) is 6.66. The maximum absolute atomic E-state index is 12.8. The highest BCUT2D eigenvalue weighted by molar-refractivity contribution is 5.75. The van der Waals surface area contributed by atoms with Gasteiger partial charge in [-0.1, -0.05) is 0 Å². The van der Waals surface area contributed by atoms with Crippen LogP contribution in [0.1, 0.15) is 26.7 Å². The fourth-order valence-electron chi connectivity index (χ4n) is 3.07. The van der Waals surface area contributed by atoms with Crippen LogP contribution in [0.2, 0.25) is 0 Å². The molecule has 0 saturated carbocycles. The standard InChI is InChI=1S/C15H26N2O5/c1-15(2)11-21-7-6-17(15)14(20)16-5-3-4-12(8-16)9-22-10-13(18)19/h12H,3-11H2,1-2H3,(H,18,19). The van der Waals surface area contributed by atoms with E-state index >= 15 is 0 Å². The Morgan fingerprint density at radius 2 is 2.14 bits per heavy atom. The van der Waals surface area contributed by atoms with E-state index in [0.717, 1.165) is 19.4 Å². The number of carbonyl (C=O) groups is 2. The number of morpholine rings is 1. The van der Waals surface area contributed by atoms with Crippen LogP contribution in [0.4, 0.5) is 4.79 Å². The molecule has 0 radical (unpaired) electrons. The van der Waals surface area contributed by atoms with Gasteiger partial charge < -0.3 is 24.4 Å². The largest absolute Gasteiger partial charge is 0.480 e. The lowest BCUT2D eigenvalue weighted by Gasteiger charge is -2.45. The quantitative estimate of drug-likeness (QED) is 0.838. The number of carboxylic acids is 1. The van der Waals surface area contributed by atoms with Crippen molar-refractivity contribution in [3.8, 4) is 0 Å². The molecule has 7 heteroatoms. The molecule has 2 aliphatic heterocycles. The zero-order chi connectivity index (χ0) is 16.2. The molecule has 2 rings (SSSR count). The molecule has 22 heavy (non-hydrogen) atoms. The fourth-order valence-corrected chi connectivity index (χ4v) is 3.07. The highest BCUT2D eigenvalue weighted by atomic mass is 16.5. The van der Waals surface area contributed by atoms with Gasteiger partial charge in [-0.2, -0.15) is 0 Å². The third-order valence-corrected chi connectivity index (χ3v) is 4.24. The van der Waals surface area contributed by atoms with Gasteiger partial charge in [-0.15, -0.1) is 0 Å². The first-order chi connectivity index (χ1) is 10.4. The molecule has 0 aromatic heterocycles. The van der Waals surface area contributed by atoms with Gasteiger partial charge in [-0.05, 0) is 26.7 Å². The Balaban J connectivity index is 1.88. The normalized spacial score (nSPS) is 25.1. The highest BCUT2D eigenvalue weighted by Crippen LogP contribution is 2.24. The first-order valence-corrected chi connectivity index (χ1v) is 7.84. The third kappa shape index (κ3) is 4.33. The van der Waals surface area contributed by atoms with Gasteiger partial charge in [0, 0.05) is 25.6 Å². The van der Waals surface area contributed by atoms with Gasteiger partial charge in [0.05, 0.1) is 25.4 Å². The Bertz CT molecular complexity index is 413. The Morgan fingerprint density at radius 3 is 2.82 bits per heavy atom. The Morgan fingerprint density at radius 1 is 1.36 bits per heavy atom. The number of aliphatic carboxylic acids is 1. The molecule has 2 heterocycles. The van der Waals surface area contributed by atoms with Crippen LogP contribution in [0, 0.1) is 5.92 Å². The van der Waals surface area contributed by atoms with Gasteiger partial charge in [-0.25, -0.2) is 9.59 Å². The van der Waals surface area contributed by atoms with Gasteiger partial charge in [0.2, 0.25) is 0 Å². The van der Waals surface area contributed by atoms with Crippen LogP contribution in [-0.4, -0.2) is 78.5 Å². The molecular formula is C15H26N2O5. The van der Waals surface area contributed by atoms with Gasteiger partial charge in [0.15, 0.2) is 0 Å². The lowest BCUT2D eigenvalue weighted by atomic mass is 9.98. The van der Waals surface area contributed by atoms with Crippen LogP contribution in [0.15, 0.2) is 0 Å². The number of amides is 2. The number of urea groups is 1. The molecular weight excluding hydrogens is 288 g/mol. The number of rotatable bonds is 4. The van der Waals surface area contributed by atoms with Gasteiger partial charge in [0.25, 0.3) is 0 Å². The minimum atomic E-state index is -0.959. The van der Waals surface area contributed by atoms with Crippen molar-refractivity contribution in [2.24, 2.45) is 5.92 Å². The van der Waals surface area contributed by atoms with E-state index in [9.17, 15) is 9.59 Å². The molecule has 7 nitrogen and oxygen atoms in total. The van der Waals surface area contributed by atoms with Crippen molar-refractivity contribution in [3.05, 3.63) is 0 Å². The second kappa shape index (κ2) is 7.28. The molecule has 2 amide bonds. The van der Waals surface area contributed by atoms with E-state index in [1.807, 2.05) is 23.6 Å². The summed E-state index contributed by atoms with van der Waals surface area (Å²) in [7, 11) is 0. The molecule has 0 aromatic rings. The van der Waals surface area contributed by atoms with E-state index in [2.05, 4.69) is 0 Å². The number of carboxylic acid groups (broad SMARTS) is 1. The van der Waals surface area contributed by atoms with Crippen molar-refractivity contribution in [2.45, 2.75) is 32.2 Å². The van der Waals surface area contributed by atoms with Gasteiger partial charge >= 0.3 is 12.0 Å². The van der Waals surface area contributed by atoms with Crippen LogP contribution in [0.3, 0.4) is 0 Å². The van der Waals surface area contributed by atoms with E-state index in [1.165, 1.54) is 0 Å². The molecule has 0 aliphatic carbocycles. The molecule has 0 bridgehead atoms. The minimum absolute atomic E-state index is 0.0521. The van der Waals surface area contributed by atoms with Crippen LogP contribution in [-0.2, 0) is 14.3 Å². The predicted molar refractivity (Wildman–Crippen MR) is 79.8 cm³/mol. The summed E-state index contributed by atoms with van der Waals surface area (Å²) in [5.74, 6) is -0.750. The van der Waals surface area contributed by atoms with Gasteiger partial charge in [-0.3, -0.25) is 0 Å². The SMILES string of the molecule is CC1(C)COCCN1C(=O)N1CCCC(COCC(=O)O)C1. The number of ether oxygens (including phenoxy) is 2. The molecule has 1 atom stereocenters. The number of likely N-dealkylation sites (tertiary alicyclic amines) is 1. The fraction of sp³-hybridized carbons (Fsp3) is 0.867. The van der Waals surface area contributed by atoms with E-state index in [1.54, 1.807) is 0 Å². The van der Waals surface area contributed by atoms with Crippen molar-refractivity contribution in [1.29, 1.82) is 0 Å². The molecule has 2 saturated heterocycles. The van der Waals surface area contributed by atoms with E-state index in [-0.39, 0.29) is 24.1 Å². The average molecular weight is 314 g/mol.